The van der Waals surface area contributed by atoms with Crippen LogP contribution in [0.4, 0.5) is 0 Å². The molecule has 1 aromatic carbocycles. The van der Waals surface area contributed by atoms with Crippen LogP contribution in [0.2, 0.25) is 0 Å². The van der Waals surface area contributed by atoms with E-state index in [1.165, 1.54) is 44.1 Å². The average Bonchev–Trinajstić information content (AvgIpc) is 3.17. The molecule has 3 heteroatoms. The van der Waals surface area contributed by atoms with E-state index in [0.29, 0.717) is 12.6 Å². The maximum atomic E-state index is 5.86. The zero-order valence-corrected chi connectivity index (χ0v) is 16.3. The molecule has 0 bridgehead atoms. The molecule has 1 aliphatic rings. The summed E-state index contributed by atoms with van der Waals surface area (Å²) in [6, 6.07) is 9.04. The maximum absolute atomic E-state index is 5.86. The van der Waals surface area contributed by atoms with Crippen molar-refractivity contribution >= 4 is 0 Å². The summed E-state index contributed by atoms with van der Waals surface area (Å²) in [7, 11) is 0. The third kappa shape index (κ3) is 7.79. The summed E-state index contributed by atoms with van der Waals surface area (Å²) in [6.45, 7) is 7.19. The lowest BCUT2D eigenvalue weighted by atomic mass is 10.0. The molecule has 0 aliphatic carbocycles. The van der Waals surface area contributed by atoms with Gasteiger partial charge < -0.3 is 14.8 Å². The Labute approximate surface area is 154 Å². The number of unbranched alkanes of at least 4 members (excludes halogenated alkanes) is 5. The minimum Gasteiger partial charge on any atom is -0.491 e. The Morgan fingerprint density at radius 2 is 1.84 bits per heavy atom. The number of benzene rings is 1. The van der Waals surface area contributed by atoms with Crippen LogP contribution >= 0.6 is 0 Å². The van der Waals surface area contributed by atoms with Gasteiger partial charge >= 0.3 is 0 Å². The molecular formula is C22H37NO2. The predicted octanol–water partition coefficient (Wildman–Crippen LogP) is 5.65. The molecule has 0 aromatic heterocycles. The number of hydrogen-bond acceptors (Lipinski definition) is 3. The summed E-state index contributed by atoms with van der Waals surface area (Å²) in [6.07, 6.45) is 11.8. The van der Waals surface area contributed by atoms with Gasteiger partial charge in [-0.15, -0.1) is 0 Å². The summed E-state index contributed by atoms with van der Waals surface area (Å²) in [5.41, 5.74) is 1.36. The van der Waals surface area contributed by atoms with Gasteiger partial charge in [0.05, 0.1) is 6.10 Å². The van der Waals surface area contributed by atoms with Crippen molar-refractivity contribution in [3.05, 3.63) is 29.8 Å². The lowest BCUT2D eigenvalue weighted by molar-refractivity contribution is 0.0679. The lowest BCUT2D eigenvalue weighted by Gasteiger charge is -2.18. The molecule has 25 heavy (non-hydrogen) atoms. The third-order valence-electron chi connectivity index (χ3n) is 5.07. The zero-order valence-electron chi connectivity index (χ0n) is 16.3. The van der Waals surface area contributed by atoms with Gasteiger partial charge in [-0.1, -0.05) is 58.1 Å². The van der Waals surface area contributed by atoms with Crippen molar-refractivity contribution in [1.29, 1.82) is 0 Å². The van der Waals surface area contributed by atoms with E-state index in [4.69, 9.17) is 9.47 Å². The molecule has 1 aliphatic heterocycles. The highest BCUT2D eigenvalue weighted by Gasteiger charge is 2.16. The first kappa shape index (κ1) is 20.3. The van der Waals surface area contributed by atoms with Gasteiger partial charge in [0.25, 0.3) is 0 Å². The minimum atomic E-state index is 0.280. The lowest BCUT2D eigenvalue weighted by Crippen LogP contribution is -2.22. The molecule has 142 valence electrons. The van der Waals surface area contributed by atoms with Crippen LogP contribution in [0.25, 0.3) is 0 Å². The van der Waals surface area contributed by atoms with Gasteiger partial charge in [0.15, 0.2) is 0 Å². The topological polar surface area (TPSA) is 30.5 Å². The molecule has 2 atom stereocenters. The van der Waals surface area contributed by atoms with Crippen LogP contribution in [0.3, 0.4) is 0 Å². The summed E-state index contributed by atoms with van der Waals surface area (Å²) >= 11 is 0. The fourth-order valence-corrected chi connectivity index (χ4v) is 3.44. The van der Waals surface area contributed by atoms with E-state index in [1.807, 2.05) is 0 Å². The molecule has 1 saturated heterocycles. The second kappa shape index (κ2) is 12.3. The van der Waals surface area contributed by atoms with Crippen molar-refractivity contribution in [3.8, 4) is 5.75 Å². The fourth-order valence-electron chi connectivity index (χ4n) is 3.44. The predicted molar refractivity (Wildman–Crippen MR) is 105 cm³/mol. The largest absolute Gasteiger partial charge is 0.491 e. The second-order valence-electron chi connectivity index (χ2n) is 7.20. The van der Waals surface area contributed by atoms with E-state index in [-0.39, 0.29) is 6.10 Å². The van der Waals surface area contributed by atoms with Crippen molar-refractivity contribution < 1.29 is 9.47 Å². The summed E-state index contributed by atoms with van der Waals surface area (Å²) < 4.78 is 11.5. The molecule has 2 unspecified atom stereocenters. The number of rotatable bonds is 13. The fraction of sp³-hybridized carbons (Fsp3) is 0.727. The quantitative estimate of drug-likeness (QED) is 0.468. The first-order valence-electron chi connectivity index (χ1n) is 10.4. The van der Waals surface area contributed by atoms with E-state index in [1.54, 1.807) is 0 Å². The average molecular weight is 348 g/mol. The standard InChI is InChI=1S/C22H37NO2/c1-3-5-6-7-8-9-16-23-22(4-2)19-12-14-20(15-13-19)25-18-21-11-10-17-24-21/h12-15,21-23H,3-11,16-18H2,1-2H3. The number of ether oxygens (including phenoxy) is 2. The molecule has 2 rings (SSSR count). The first-order valence-corrected chi connectivity index (χ1v) is 10.4. The molecule has 1 N–H and O–H groups in total. The Kier molecular flexibility index (Phi) is 9.98. The summed E-state index contributed by atoms with van der Waals surface area (Å²) in [5, 5.41) is 3.71. The van der Waals surface area contributed by atoms with E-state index in [0.717, 1.165) is 38.2 Å². The summed E-state index contributed by atoms with van der Waals surface area (Å²) in [4.78, 5) is 0. The highest BCUT2D eigenvalue weighted by molar-refractivity contribution is 5.29. The van der Waals surface area contributed by atoms with Gasteiger partial charge in [0.2, 0.25) is 0 Å². The normalized spacial score (nSPS) is 18.4. The van der Waals surface area contributed by atoms with Crippen molar-refractivity contribution in [2.75, 3.05) is 19.8 Å². The molecule has 0 amide bonds. The molecular weight excluding hydrogens is 310 g/mol. The van der Waals surface area contributed by atoms with Crippen molar-refractivity contribution in [3.63, 3.8) is 0 Å². The van der Waals surface area contributed by atoms with Gasteiger partial charge in [0, 0.05) is 12.6 Å². The van der Waals surface area contributed by atoms with Crippen molar-refractivity contribution in [2.45, 2.75) is 83.8 Å². The Hall–Kier alpha value is -1.06. The van der Waals surface area contributed by atoms with E-state index < -0.39 is 0 Å². The van der Waals surface area contributed by atoms with E-state index >= 15 is 0 Å². The Balaban J connectivity index is 1.66. The number of nitrogens with one attached hydrogen (secondary N) is 1. The van der Waals surface area contributed by atoms with Crippen LogP contribution in [-0.2, 0) is 4.74 Å². The Bertz CT molecular complexity index is 440. The molecule has 1 heterocycles. The molecule has 3 nitrogen and oxygen atoms in total. The smallest absolute Gasteiger partial charge is 0.119 e. The molecule has 0 radical (unpaired) electrons. The van der Waals surface area contributed by atoms with Crippen LogP contribution in [0, 0.1) is 0 Å². The van der Waals surface area contributed by atoms with E-state index in [9.17, 15) is 0 Å². The van der Waals surface area contributed by atoms with Crippen LogP contribution in [-0.4, -0.2) is 25.9 Å². The van der Waals surface area contributed by atoms with Gasteiger partial charge in [-0.25, -0.2) is 0 Å². The SMILES string of the molecule is CCCCCCCCNC(CC)c1ccc(OCC2CCCO2)cc1. The highest BCUT2D eigenvalue weighted by atomic mass is 16.5. The third-order valence-corrected chi connectivity index (χ3v) is 5.07. The Morgan fingerprint density at radius 1 is 1.08 bits per heavy atom. The molecule has 0 spiro atoms. The van der Waals surface area contributed by atoms with Crippen molar-refractivity contribution in [1.82, 2.24) is 5.32 Å². The Morgan fingerprint density at radius 3 is 2.52 bits per heavy atom. The zero-order chi connectivity index (χ0) is 17.7. The van der Waals surface area contributed by atoms with Gasteiger partial charge in [-0.3, -0.25) is 0 Å². The number of hydrogen-bond donors (Lipinski definition) is 1. The van der Waals surface area contributed by atoms with Gasteiger partial charge in [-0.2, -0.15) is 0 Å². The first-order chi connectivity index (χ1) is 12.3. The minimum absolute atomic E-state index is 0.280. The van der Waals surface area contributed by atoms with Gasteiger partial charge in [-0.05, 0) is 49.9 Å². The van der Waals surface area contributed by atoms with Crippen molar-refractivity contribution in [2.24, 2.45) is 0 Å². The van der Waals surface area contributed by atoms with Gasteiger partial charge in [0.1, 0.15) is 12.4 Å². The maximum Gasteiger partial charge on any atom is 0.119 e. The molecule has 1 fully saturated rings. The van der Waals surface area contributed by atoms with Crippen LogP contribution in [0.15, 0.2) is 24.3 Å². The van der Waals surface area contributed by atoms with Crippen LogP contribution in [0.5, 0.6) is 5.75 Å². The second-order valence-corrected chi connectivity index (χ2v) is 7.20. The monoisotopic (exact) mass is 347 g/mol. The molecule has 0 saturated carbocycles. The summed E-state index contributed by atoms with van der Waals surface area (Å²) in [5.74, 6) is 0.949. The highest BCUT2D eigenvalue weighted by Crippen LogP contribution is 2.21. The van der Waals surface area contributed by atoms with E-state index in [2.05, 4.69) is 43.4 Å². The molecule has 1 aromatic rings. The van der Waals surface area contributed by atoms with Crippen LogP contribution in [0.1, 0.15) is 83.2 Å². The van der Waals surface area contributed by atoms with Crippen LogP contribution < -0.4 is 10.1 Å².